The van der Waals surface area contributed by atoms with Gasteiger partial charge in [-0.3, -0.25) is 0 Å². The minimum Gasteiger partial charge on any atom is -0.323 e. The van der Waals surface area contributed by atoms with Crippen molar-refractivity contribution >= 4 is 27.5 Å². The summed E-state index contributed by atoms with van der Waals surface area (Å²) in [5, 5.41) is 1.70. The highest BCUT2D eigenvalue weighted by atomic mass is 35.5. The van der Waals surface area contributed by atoms with Crippen molar-refractivity contribution in [2.45, 2.75) is 29.9 Å². The van der Waals surface area contributed by atoms with Gasteiger partial charge in [0.25, 0.3) is 0 Å². The highest BCUT2D eigenvalue weighted by molar-refractivity contribution is 7.91. The van der Waals surface area contributed by atoms with Crippen LogP contribution in [0.3, 0.4) is 0 Å². The SMILES string of the molecule is CCN(CC)C(=O)n1cc(F)c(S(=O)(=O)c2cc(C(F)(F)F)ccc2Cl)n1. The number of sulfone groups is 1. The van der Waals surface area contributed by atoms with Crippen LogP contribution >= 0.6 is 11.6 Å². The molecule has 12 heteroatoms. The predicted octanol–water partition coefficient (Wildman–Crippen LogP) is 3.84. The van der Waals surface area contributed by atoms with Gasteiger partial charge in [0.1, 0.15) is 0 Å². The van der Waals surface area contributed by atoms with E-state index in [-0.39, 0.29) is 13.1 Å². The number of alkyl halides is 3. The van der Waals surface area contributed by atoms with E-state index < -0.39 is 48.4 Å². The highest BCUT2D eigenvalue weighted by Crippen LogP contribution is 2.35. The molecule has 0 bridgehead atoms. The molecule has 0 aliphatic carbocycles. The second kappa shape index (κ2) is 7.47. The van der Waals surface area contributed by atoms with E-state index in [0.29, 0.717) is 23.0 Å². The molecular formula is C15H14ClF4N3O3S. The Morgan fingerprint density at radius 2 is 1.85 bits per heavy atom. The molecule has 2 aromatic rings. The van der Waals surface area contributed by atoms with Gasteiger partial charge in [-0.05, 0) is 32.0 Å². The fourth-order valence-electron chi connectivity index (χ4n) is 2.25. The number of aromatic nitrogens is 2. The Hall–Kier alpha value is -2.14. The second-order valence-corrected chi connectivity index (χ2v) is 7.57. The van der Waals surface area contributed by atoms with E-state index in [1.807, 2.05) is 0 Å². The van der Waals surface area contributed by atoms with Crippen LogP contribution in [-0.2, 0) is 16.0 Å². The van der Waals surface area contributed by atoms with Gasteiger partial charge in [0, 0.05) is 13.1 Å². The molecule has 6 nitrogen and oxygen atoms in total. The van der Waals surface area contributed by atoms with Crippen LogP contribution in [0.2, 0.25) is 5.02 Å². The smallest absolute Gasteiger partial charge is 0.323 e. The molecule has 0 spiro atoms. The minimum atomic E-state index is -4.84. The summed E-state index contributed by atoms with van der Waals surface area (Å²) in [6.45, 7) is 3.83. The molecule has 0 radical (unpaired) electrons. The van der Waals surface area contributed by atoms with Crippen LogP contribution in [0.1, 0.15) is 19.4 Å². The third-order valence-corrected chi connectivity index (χ3v) is 5.82. The number of nitrogens with zero attached hydrogens (tertiary/aromatic N) is 3. The third kappa shape index (κ3) is 4.08. The maximum atomic E-state index is 14.2. The summed E-state index contributed by atoms with van der Waals surface area (Å²) in [5.74, 6) is -1.39. The summed E-state index contributed by atoms with van der Waals surface area (Å²) in [6.07, 6.45) is -4.28. The quantitative estimate of drug-likeness (QED) is 0.695. The van der Waals surface area contributed by atoms with Crippen molar-refractivity contribution in [3.05, 3.63) is 40.8 Å². The van der Waals surface area contributed by atoms with Gasteiger partial charge in [-0.15, -0.1) is 5.10 Å². The lowest BCUT2D eigenvalue weighted by atomic mass is 10.2. The zero-order valence-corrected chi connectivity index (χ0v) is 15.7. The number of hydrogen-bond acceptors (Lipinski definition) is 4. The lowest BCUT2D eigenvalue weighted by molar-refractivity contribution is -0.137. The topological polar surface area (TPSA) is 72.3 Å². The summed E-state index contributed by atoms with van der Waals surface area (Å²) in [4.78, 5) is 12.5. The van der Waals surface area contributed by atoms with Gasteiger partial charge in [-0.2, -0.15) is 17.9 Å². The molecule has 148 valence electrons. The van der Waals surface area contributed by atoms with Crippen molar-refractivity contribution in [1.82, 2.24) is 14.7 Å². The molecule has 0 aliphatic rings. The van der Waals surface area contributed by atoms with E-state index in [4.69, 9.17) is 11.6 Å². The number of rotatable bonds is 4. The van der Waals surface area contributed by atoms with Crippen molar-refractivity contribution in [2.75, 3.05) is 13.1 Å². The Balaban J connectivity index is 2.57. The normalized spacial score (nSPS) is 12.3. The lowest BCUT2D eigenvalue weighted by Crippen LogP contribution is -2.34. The molecule has 0 aliphatic heterocycles. The number of carbonyl (C=O) groups is 1. The lowest BCUT2D eigenvalue weighted by Gasteiger charge is -2.17. The largest absolute Gasteiger partial charge is 0.416 e. The maximum Gasteiger partial charge on any atom is 0.416 e. The summed E-state index contributed by atoms with van der Waals surface area (Å²) < 4.78 is 78.5. The zero-order chi connectivity index (χ0) is 20.6. The second-order valence-electron chi connectivity index (χ2n) is 5.33. The molecule has 1 heterocycles. The molecule has 0 atom stereocenters. The zero-order valence-electron chi connectivity index (χ0n) is 14.1. The van der Waals surface area contributed by atoms with Crippen LogP contribution in [0.4, 0.5) is 22.4 Å². The summed E-state index contributed by atoms with van der Waals surface area (Å²) in [7, 11) is -4.84. The van der Waals surface area contributed by atoms with Gasteiger partial charge in [0.05, 0.1) is 21.7 Å². The number of halogens is 5. The van der Waals surface area contributed by atoms with Crippen LogP contribution < -0.4 is 0 Å². The first-order valence-electron chi connectivity index (χ1n) is 7.59. The van der Waals surface area contributed by atoms with Crippen LogP contribution in [0.25, 0.3) is 0 Å². The first kappa shape index (κ1) is 21.2. The summed E-state index contributed by atoms with van der Waals surface area (Å²) in [5.41, 5.74) is -1.27. The molecule has 27 heavy (non-hydrogen) atoms. The molecule has 0 saturated heterocycles. The van der Waals surface area contributed by atoms with Gasteiger partial charge in [-0.1, -0.05) is 11.6 Å². The fraction of sp³-hybridized carbons (Fsp3) is 0.333. The average molecular weight is 428 g/mol. The molecule has 0 N–H and O–H groups in total. The Kier molecular flexibility index (Phi) is 5.85. The third-order valence-electron chi connectivity index (χ3n) is 3.67. The minimum absolute atomic E-state index is 0.262. The van der Waals surface area contributed by atoms with Crippen molar-refractivity contribution in [3.8, 4) is 0 Å². The molecule has 1 aromatic heterocycles. The van der Waals surface area contributed by atoms with Gasteiger partial charge >= 0.3 is 12.2 Å². The van der Waals surface area contributed by atoms with E-state index in [0.717, 1.165) is 6.07 Å². The Morgan fingerprint density at radius 1 is 1.26 bits per heavy atom. The summed E-state index contributed by atoms with van der Waals surface area (Å²) in [6, 6.07) is 0.853. The van der Waals surface area contributed by atoms with Crippen molar-refractivity contribution in [3.63, 3.8) is 0 Å². The Morgan fingerprint density at radius 3 is 2.37 bits per heavy atom. The first-order valence-corrected chi connectivity index (χ1v) is 9.45. The predicted molar refractivity (Wildman–Crippen MR) is 87.8 cm³/mol. The number of carbonyl (C=O) groups excluding carboxylic acids is 1. The van der Waals surface area contributed by atoms with Gasteiger partial charge in [0.15, 0.2) is 5.82 Å². The molecule has 0 unspecified atom stereocenters. The Bertz CT molecular complexity index is 969. The fourth-order valence-corrected chi connectivity index (χ4v) is 3.99. The van der Waals surface area contributed by atoms with E-state index in [1.165, 1.54) is 4.90 Å². The van der Waals surface area contributed by atoms with E-state index in [1.54, 1.807) is 13.8 Å². The molecule has 2 rings (SSSR count). The van der Waals surface area contributed by atoms with Crippen LogP contribution in [-0.4, -0.2) is 42.2 Å². The van der Waals surface area contributed by atoms with Crippen molar-refractivity contribution in [2.24, 2.45) is 0 Å². The summed E-state index contributed by atoms with van der Waals surface area (Å²) >= 11 is 5.72. The van der Waals surface area contributed by atoms with Gasteiger partial charge < -0.3 is 4.90 Å². The molecular weight excluding hydrogens is 414 g/mol. The Labute approximate surface area is 157 Å². The first-order chi connectivity index (χ1) is 12.4. The van der Waals surface area contributed by atoms with Crippen LogP contribution in [0.15, 0.2) is 34.3 Å². The molecule has 0 fully saturated rings. The number of amides is 1. The number of benzene rings is 1. The number of hydrogen-bond donors (Lipinski definition) is 0. The van der Waals surface area contributed by atoms with E-state index in [9.17, 15) is 30.8 Å². The van der Waals surface area contributed by atoms with Gasteiger partial charge in [-0.25, -0.2) is 17.6 Å². The maximum absolute atomic E-state index is 14.2. The van der Waals surface area contributed by atoms with Crippen LogP contribution in [0.5, 0.6) is 0 Å². The highest BCUT2D eigenvalue weighted by Gasteiger charge is 2.35. The molecule has 0 saturated carbocycles. The van der Waals surface area contributed by atoms with Crippen molar-refractivity contribution in [1.29, 1.82) is 0 Å². The van der Waals surface area contributed by atoms with E-state index in [2.05, 4.69) is 5.10 Å². The standard InChI is InChI=1S/C15H14ClF4N3O3S/c1-3-22(4-2)14(24)23-8-11(17)13(21-23)27(25,26)12-7-9(15(18,19)20)5-6-10(12)16/h5-8H,3-4H2,1-2H3. The van der Waals surface area contributed by atoms with Gasteiger partial charge in [0.2, 0.25) is 14.9 Å². The monoisotopic (exact) mass is 427 g/mol. The van der Waals surface area contributed by atoms with Crippen LogP contribution in [0, 0.1) is 5.82 Å². The molecule has 1 amide bonds. The van der Waals surface area contributed by atoms with Crippen molar-refractivity contribution < 1.29 is 30.8 Å². The molecule has 1 aromatic carbocycles. The average Bonchev–Trinajstić information content (AvgIpc) is 2.97. The van der Waals surface area contributed by atoms with E-state index >= 15 is 0 Å².